The molecular formula is C4H2N2O3. The van der Waals surface area contributed by atoms with Crippen LogP contribution in [0.2, 0.25) is 0 Å². The largest absolute Gasteiger partial charge is 0.437 e. The lowest BCUT2D eigenvalue weighted by atomic mass is 10.7. The molecule has 5 heteroatoms. The summed E-state index contributed by atoms with van der Waals surface area (Å²) in [6.07, 6.45) is 2.71. The monoisotopic (exact) mass is 126 g/mol. The van der Waals surface area contributed by atoms with E-state index in [0.717, 1.165) is 0 Å². The van der Waals surface area contributed by atoms with Crippen LogP contribution in [0.3, 0.4) is 0 Å². The Morgan fingerprint density at radius 3 is 2.11 bits per heavy atom. The third-order valence-corrected chi connectivity index (χ3v) is 0.845. The summed E-state index contributed by atoms with van der Waals surface area (Å²) < 4.78 is 13.9. The molecule has 9 heavy (non-hydrogen) atoms. The normalized spacial score (nSPS) is 13.8. The zero-order valence-electron chi connectivity index (χ0n) is 4.27. The molecule has 0 aromatic carbocycles. The molecule has 0 atom stereocenters. The lowest BCUT2D eigenvalue weighted by Crippen LogP contribution is -1.94. The minimum atomic E-state index is 0.262. The van der Waals surface area contributed by atoms with Gasteiger partial charge < -0.3 is 9.47 Å². The summed E-state index contributed by atoms with van der Waals surface area (Å²) in [5, 5.41) is 6.74. The molecule has 0 amide bonds. The van der Waals surface area contributed by atoms with Gasteiger partial charge in [0.2, 0.25) is 0 Å². The first-order valence-electron chi connectivity index (χ1n) is 2.28. The van der Waals surface area contributed by atoms with E-state index in [-0.39, 0.29) is 11.8 Å². The summed E-state index contributed by atoms with van der Waals surface area (Å²) in [7, 11) is 0. The number of ether oxygens (including phenoxy) is 2. The molecule has 1 aliphatic rings. The average molecular weight is 126 g/mol. The number of rotatable bonds is 0. The minimum Gasteiger partial charge on any atom is -0.437 e. The van der Waals surface area contributed by atoms with Crippen LogP contribution in [0.15, 0.2) is 17.2 Å². The zero-order valence-corrected chi connectivity index (χ0v) is 4.27. The predicted octanol–water partition coefficient (Wildman–Crippen LogP) is 0.312. The van der Waals surface area contributed by atoms with E-state index in [4.69, 9.17) is 9.47 Å². The molecule has 0 saturated heterocycles. The fourth-order valence-electron chi connectivity index (χ4n) is 0.501. The molecule has 0 aliphatic carbocycles. The maximum Gasteiger partial charge on any atom is 0.325 e. The van der Waals surface area contributed by atoms with Crippen molar-refractivity contribution in [3.05, 3.63) is 12.5 Å². The number of hydrogen-bond donors (Lipinski definition) is 0. The van der Waals surface area contributed by atoms with Crippen LogP contribution in [0.5, 0.6) is 11.8 Å². The zero-order chi connectivity index (χ0) is 6.10. The molecular weight excluding hydrogens is 124 g/mol. The van der Waals surface area contributed by atoms with Gasteiger partial charge in [0.1, 0.15) is 12.5 Å². The first-order chi connectivity index (χ1) is 4.47. The van der Waals surface area contributed by atoms with Gasteiger partial charge in [0, 0.05) is 0 Å². The summed E-state index contributed by atoms with van der Waals surface area (Å²) in [6, 6.07) is 0. The van der Waals surface area contributed by atoms with E-state index < -0.39 is 0 Å². The van der Waals surface area contributed by atoms with Gasteiger partial charge in [-0.15, -0.1) is 0 Å². The van der Waals surface area contributed by atoms with Crippen molar-refractivity contribution in [2.45, 2.75) is 0 Å². The summed E-state index contributed by atoms with van der Waals surface area (Å²) in [6.45, 7) is 0. The SMILES string of the molecule is C1=COc2nonc2O1. The van der Waals surface area contributed by atoms with E-state index in [2.05, 4.69) is 14.9 Å². The molecule has 0 saturated carbocycles. The molecule has 0 radical (unpaired) electrons. The van der Waals surface area contributed by atoms with Gasteiger partial charge in [0.05, 0.1) is 0 Å². The highest BCUT2D eigenvalue weighted by Crippen LogP contribution is 2.23. The van der Waals surface area contributed by atoms with Gasteiger partial charge in [-0.25, -0.2) is 4.63 Å². The lowest BCUT2D eigenvalue weighted by molar-refractivity contribution is 0.287. The molecule has 0 fully saturated rings. The molecule has 0 unspecified atom stereocenters. The number of fused-ring (bicyclic) bond motifs is 1. The Morgan fingerprint density at radius 2 is 1.56 bits per heavy atom. The summed E-state index contributed by atoms with van der Waals surface area (Å²) in [4.78, 5) is 0. The molecule has 1 aromatic rings. The van der Waals surface area contributed by atoms with E-state index in [1.54, 1.807) is 0 Å². The van der Waals surface area contributed by atoms with Gasteiger partial charge in [-0.1, -0.05) is 0 Å². The minimum absolute atomic E-state index is 0.262. The molecule has 46 valence electrons. The van der Waals surface area contributed by atoms with Crippen LogP contribution in [0.25, 0.3) is 0 Å². The van der Waals surface area contributed by atoms with E-state index >= 15 is 0 Å². The lowest BCUT2D eigenvalue weighted by Gasteiger charge is -2.00. The smallest absolute Gasteiger partial charge is 0.325 e. The first-order valence-corrected chi connectivity index (χ1v) is 2.28. The highest BCUT2D eigenvalue weighted by atomic mass is 16.6. The molecule has 5 nitrogen and oxygen atoms in total. The van der Waals surface area contributed by atoms with Crippen LogP contribution in [0.1, 0.15) is 0 Å². The van der Waals surface area contributed by atoms with Crippen molar-refractivity contribution in [3.8, 4) is 11.8 Å². The highest BCUT2D eigenvalue weighted by molar-refractivity contribution is 5.24. The molecule has 1 aliphatic heterocycles. The van der Waals surface area contributed by atoms with Gasteiger partial charge in [0.25, 0.3) is 0 Å². The average Bonchev–Trinajstić information content (AvgIpc) is 2.33. The number of aromatic nitrogens is 2. The molecule has 2 rings (SSSR count). The van der Waals surface area contributed by atoms with Crippen LogP contribution < -0.4 is 9.47 Å². The van der Waals surface area contributed by atoms with Crippen molar-refractivity contribution in [2.75, 3.05) is 0 Å². The predicted molar refractivity (Wildman–Crippen MR) is 24.7 cm³/mol. The van der Waals surface area contributed by atoms with Gasteiger partial charge >= 0.3 is 11.8 Å². The van der Waals surface area contributed by atoms with Crippen molar-refractivity contribution in [1.29, 1.82) is 0 Å². The fourth-order valence-corrected chi connectivity index (χ4v) is 0.501. The molecule has 2 heterocycles. The van der Waals surface area contributed by atoms with Crippen molar-refractivity contribution in [1.82, 2.24) is 10.3 Å². The quantitative estimate of drug-likeness (QED) is 0.500. The van der Waals surface area contributed by atoms with Gasteiger partial charge in [0.15, 0.2) is 0 Å². The Labute approximate surface area is 49.8 Å². The van der Waals surface area contributed by atoms with E-state index in [0.29, 0.717) is 0 Å². The van der Waals surface area contributed by atoms with Crippen LogP contribution in [-0.4, -0.2) is 10.3 Å². The second-order valence-corrected chi connectivity index (χ2v) is 1.38. The maximum atomic E-state index is 4.79. The van der Waals surface area contributed by atoms with E-state index in [1.165, 1.54) is 12.5 Å². The highest BCUT2D eigenvalue weighted by Gasteiger charge is 2.13. The Balaban J connectivity index is 2.46. The Kier molecular flexibility index (Phi) is 0.717. The first kappa shape index (κ1) is 4.37. The van der Waals surface area contributed by atoms with Crippen molar-refractivity contribution < 1.29 is 14.1 Å². The second-order valence-electron chi connectivity index (χ2n) is 1.38. The Morgan fingerprint density at radius 1 is 1.00 bits per heavy atom. The molecule has 0 spiro atoms. The van der Waals surface area contributed by atoms with Gasteiger partial charge in [-0.2, -0.15) is 0 Å². The summed E-state index contributed by atoms with van der Waals surface area (Å²) in [5.41, 5.74) is 0. The van der Waals surface area contributed by atoms with Crippen molar-refractivity contribution >= 4 is 0 Å². The summed E-state index contributed by atoms with van der Waals surface area (Å²) in [5.74, 6) is 0.523. The fraction of sp³-hybridized carbons (Fsp3) is 0. The van der Waals surface area contributed by atoms with E-state index in [1.807, 2.05) is 0 Å². The van der Waals surface area contributed by atoms with Crippen LogP contribution >= 0.6 is 0 Å². The maximum absolute atomic E-state index is 4.79. The Hall–Kier alpha value is -1.52. The second kappa shape index (κ2) is 1.48. The van der Waals surface area contributed by atoms with Gasteiger partial charge in [-0.3, -0.25) is 0 Å². The van der Waals surface area contributed by atoms with E-state index in [9.17, 15) is 0 Å². The third kappa shape index (κ3) is 0.543. The van der Waals surface area contributed by atoms with Crippen molar-refractivity contribution in [3.63, 3.8) is 0 Å². The number of hydrogen-bond acceptors (Lipinski definition) is 5. The molecule has 1 aromatic heterocycles. The van der Waals surface area contributed by atoms with Crippen LogP contribution in [-0.2, 0) is 0 Å². The molecule has 0 N–H and O–H groups in total. The van der Waals surface area contributed by atoms with Gasteiger partial charge in [-0.05, 0) is 10.3 Å². The topological polar surface area (TPSA) is 57.4 Å². The molecule has 0 bridgehead atoms. The summed E-state index contributed by atoms with van der Waals surface area (Å²) >= 11 is 0. The third-order valence-electron chi connectivity index (χ3n) is 0.845. The van der Waals surface area contributed by atoms with Crippen molar-refractivity contribution in [2.24, 2.45) is 0 Å². The van der Waals surface area contributed by atoms with Crippen LogP contribution in [0, 0.1) is 0 Å². The number of nitrogens with zero attached hydrogens (tertiary/aromatic N) is 2. The standard InChI is InChI=1S/C4H2N2O3/c1-2-8-4-3(7-1)5-9-6-4/h1-2H. The Bertz CT molecular complexity index is 219. The van der Waals surface area contributed by atoms with Crippen LogP contribution in [0.4, 0.5) is 0 Å².